The number of aliphatic hydroxyl groups excluding tert-OH is 1. The molecule has 1 atom stereocenters. The molecule has 0 aliphatic carbocycles. The van der Waals surface area contributed by atoms with Crippen molar-refractivity contribution in [1.29, 1.82) is 0 Å². The first-order chi connectivity index (χ1) is 7.54. The molecule has 0 spiro atoms. The third-order valence-corrected chi connectivity index (χ3v) is 2.16. The number of rotatable bonds is 4. The van der Waals surface area contributed by atoms with Crippen molar-refractivity contribution in [3.05, 3.63) is 24.3 Å². The summed E-state index contributed by atoms with van der Waals surface area (Å²) in [4.78, 5) is 13.3. The second kappa shape index (κ2) is 5.48. The summed E-state index contributed by atoms with van der Waals surface area (Å²) in [7, 11) is 3.83. The maximum Gasteiger partial charge on any atom is 0.243 e. The Bertz CT molecular complexity index is 366. The van der Waals surface area contributed by atoms with Crippen molar-refractivity contribution < 1.29 is 9.90 Å². The molecule has 1 rings (SSSR count). The van der Waals surface area contributed by atoms with E-state index in [0.29, 0.717) is 5.69 Å². The molecule has 0 aromatic heterocycles. The van der Waals surface area contributed by atoms with Gasteiger partial charge in [0, 0.05) is 25.5 Å². The second-order valence-corrected chi connectivity index (χ2v) is 3.72. The predicted molar refractivity (Wildman–Crippen MR) is 64.5 cm³/mol. The van der Waals surface area contributed by atoms with E-state index in [4.69, 9.17) is 10.8 Å². The van der Waals surface area contributed by atoms with Gasteiger partial charge in [0.15, 0.2) is 0 Å². The van der Waals surface area contributed by atoms with Gasteiger partial charge in [-0.3, -0.25) is 4.79 Å². The molecule has 1 unspecified atom stereocenters. The minimum atomic E-state index is -0.886. The Hall–Kier alpha value is -1.59. The number of benzene rings is 1. The fourth-order valence-corrected chi connectivity index (χ4v) is 1.18. The first kappa shape index (κ1) is 12.5. The summed E-state index contributed by atoms with van der Waals surface area (Å²) in [6, 6.07) is 6.50. The van der Waals surface area contributed by atoms with E-state index in [0.717, 1.165) is 5.69 Å². The Morgan fingerprint density at radius 3 is 2.81 bits per heavy atom. The molecular formula is C11H17N3O2. The van der Waals surface area contributed by atoms with Crippen LogP contribution in [-0.2, 0) is 4.79 Å². The summed E-state index contributed by atoms with van der Waals surface area (Å²) in [5.74, 6) is -0.390. The molecule has 0 aliphatic heterocycles. The van der Waals surface area contributed by atoms with Gasteiger partial charge in [-0.1, -0.05) is 6.07 Å². The van der Waals surface area contributed by atoms with Crippen LogP contribution in [0.2, 0.25) is 0 Å². The van der Waals surface area contributed by atoms with Gasteiger partial charge in [-0.05, 0) is 18.2 Å². The molecule has 5 nitrogen and oxygen atoms in total. The van der Waals surface area contributed by atoms with Gasteiger partial charge in [-0.15, -0.1) is 0 Å². The van der Waals surface area contributed by atoms with E-state index in [9.17, 15) is 4.79 Å². The van der Waals surface area contributed by atoms with Crippen LogP contribution >= 0.6 is 0 Å². The van der Waals surface area contributed by atoms with Crippen LogP contribution in [0.25, 0.3) is 0 Å². The average Bonchev–Trinajstić information content (AvgIpc) is 2.28. The number of anilines is 2. The number of aliphatic hydroxyl groups is 1. The van der Waals surface area contributed by atoms with Gasteiger partial charge in [0.2, 0.25) is 5.91 Å². The van der Waals surface area contributed by atoms with Gasteiger partial charge < -0.3 is 21.1 Å². The summed E-state index contributed by atoms with van der Waals surface area (Å²) in [5.41, 5.74) is 7.04. The molecule has 0 aliphatic rings. The van der Waals surface area contributed by atoms with Crippen molar-refractivity contribution in [3.8, 4) is 0 Å². The zero-order valence-corrected chi connectivity index (χ0v) is 9.47. The minimum absolute atomic E-state index is 0.362. The summed E-state index contributed by atoms with van der Waals surface area (Å²) in [6.45, 7) is -0.362. The average molecular weight is 223 g/mol. The molecule has 0 radical (unpaired) electrons. The normalized spacial score (nSPS) is 12.0. The lowest BCUT2D eigenvalue weighted by atomic mass is 10.2. The quantitative estimate of drug-likeness (QED) is 0.672. The van der Waals surface area contributed by atoms with Crippen molar-refractivity contribution in [2.75, 3.05) is 30.9 Å². The third kappa shape index (κ3) is 3.22. The van der Waals surface area contributed by atoms with Crippen molar-refractivity contribution >= 4 is 17.3 Å². The van der Waals surface area contributed by atoms with Gasteiger partial charge in [-0.2, -0.15) is 0 Å². The maximum atomic E-state index is 11.4. The highest BCUT2D eigenvalue weighted by atomic mass is 16.3. The second-order valence-electron chi connectivity index (χ2n) is 3.72. The van der Waals surface area contributed by atoms with Crippen molar-refractivity contribution in [2.45, 2.75) is 6.04 Å². The number of carbonyl (C=O) groups is 1. The molecule has 0 bridgehead atoms. The van der Waals surface area contributed by atoms with Crippen LogP contribution in [-0.4, -0.2) is 37.8 Å². The van der Waals surface area contributed by atoms with Crippen LogP contribution in [0, 0.1) is 0 Å². The summed E-state index contributed by atoms with van der Waals surface area (Å²) < 4.78 is 0. The van der Waals surface area contributed by atoms with Gasteiger partial charge in [0.05, 0.1) is 6.61 Å². The van der Waals surface area contributed by atoms with Crippen LogP contribution in [0.15, 0.2) is 24.3 Å². The summed E-state index contributed by atoms with van der Waals surface area (Å²) in [6.07, 6.45) is 0. The molecule has 0 fully saturated rings. The Morgan fingerprint density at radius 2 is 2.25 bits per heavy atom. The topological polar surface area (TPSA) is 78.6 Å². The zero-order chi connectivity index (χ0) is 12.1. The standard InChI is InChI=1S/C11H17N3O2/c1-14(2)9-5-3-4-8(6-9)13-11(16)10(12)7-15/h3-6,10,15H,7,12H2,1-2H3,(H,13,16). The van der Waals surface area contributed by atoms with E-state index in [1.165, 1.54) is 0 Å². The molecule has 5 heteroatoms. The molecule has 1 aromatic carbocycles. The monoisotopic (exact) mass is 223 g/mol. The van der Waals surface area contributed by atoms with Gasteiger partial charge in [0.25, 0.3) is 0 Å². The molecular weight excluding hydrogens is 206 g/mol. The maximum absolute atomic E-state index is 11.4. The Kier molecular flexibility index (Phi) is 4.28. The molecule has 16 heavy (non-hydrogen) atoms. The Morgan fingerprint density at radius 1 is 1.56 bits per heavy atom. The lowest BCUT2D eigenvalue weighted by Crippen LogP contribution is -2.38. The number of amides is 1. The van der Waals surface area contributed by atoms with Gasteiger partial charge >= 0.3 is 0 Å². The highest BCUT2D eigenvalue weighted by Crippen LogP contribution is 2.17. The Balaban J connectivity index is 2.74. The fourth-order valence-electron chi connectivity index (χ4n) is 1.18. The lowest BCUT2D eigenvalue weighted by Gasteiger charge is -2.15. The van der Waals surface area contributed by atoms with Crippen molar-refractivity contribution in [2.24, 2.45) is 5.73 Å². The van der Waals surface area contributed by atoms with Crippen molar-refractivity contribution in [3.63, 3.8) is 0 Å². The van der Waals surface area contributed by atoms with E-state index < -0.39 is 11.9 Å². The van der Waals surface area contributed by atoms with Crippen LogP contribution in [0.1, 0.15) is 0 Å². The highest BCUT2D eigenvalue weighted by Gasteiger charge is 2.11. The van der Waals surface area contributed by atoms with Crippen LogP contribution < -0.4 is 16.0 Å². The molecule has 4 N–H and O–H groups in total. The minimum Gasteiger partial charge on any atom is -0.394 e. The van der Waals surface area contributed by atoms with E-state index in [-0.39, 0.29) is 6.61 Å². The molecule has 0 saturated carbocycles. The first-order valence-electron chi connectivity index (χ1n) is 4.99. The smallest absolute Gasteiger partial charge is 0.243 e. The van der Waals surface area contributed by atoms with Crippen LogP contribution in [0.4, 0.5) is 11.4 Å². The van der Waals surface area contributed by atoms with E-state index in [2.05, 4.69) is 5.32 Å². The molecule has 1 aromatic rings. The van der Waals surface area contributed by atoms with Crippen LogP contribution in [0.5, 0.6) is 0 Å². The van der Waals surface area contributed by atoms with Gasteiger partial charge in [-0.25, -0.2) is 0 Å². The number of hydrogen-bond acceptors (Lipinski definition) is 4. The number of nitrogens with zero attached hydrogens (tertiary/aromatic N) is 1. The summed E-state index contributed by atoms with van der Waals surface area (Å²) in [5, 5.41) is 11.4. The van der Waals surface area contributed by atoms with Crippen molar-refractivity contribution in [1.82, 2.24) is 0 Å². The van der Waals surface area contributed by atoms with E-state index >= 15 is 0 Å². The highest BCUT2D eigenvalue weighted by molar-refractivity contribution is 5.95. The predicted octanol–water partition coefficient (Wildman–Crippen LogP) is 0.0107. The van der Waals surface area contributed by atoms with Gasteiger partial charge in [0.1, 0.15) is 6.04 Å². The fraction of sp³-hybridized carbons (Fsp3) is 0.364. The first-order valence-corrected chi connectivity index (χ1v) is 4.99. The van der Waals surface area contributed by atoms with E-state index in [1.807, 2.05) is 37.2 Å². The molecule has 1 amide bonds. The third-order valence-electron chi connectivity index (χ3n) is 2.16. The molecule has 0 saturated heterocycles. The lowest BCUT2D eigenvalue weighted by molar-refractivity contribution is -0.118. The van der Waals surface area contributed by atoms with Crippen LogP contribution in [0.3, 0.4) is 0 Å². The Labute approximate surface area is 94.9 Å². The van der Waals surface area contributed by atoms with E-state index in [1.54, 1.807) is 6.07 Å². The number of hydrogen-bond donors (Lipinski definition) is 3. The number of nitrogens with one attached hydrogen (secondary N) is 1. The number of carbonyl (C=O) groups excluding carboxylic acids is 1. The number of nitrogens with two attached hydrogens (primary N) is 1. The molecule has 88 valence electrons. The molecule has 0 heterocycles. The largest absolute Gasteiger partial charge is 0.394 e. The summed E-state index contributed by atoms with van der Waals surface area (Å²) >= 11 is 0. The SMILES string of the molecule is CN(C)c1cccc(NC(=O)C(N)CO)c1. The zero-order valence-electron chi connectivity index (χ0n) is 9.47.